The fourth-order valence-electron chi connectivity index (χ4n) is 1.03. The van der Waals surface area contributed by atoms with E-state index in [-0.39, 0.29) is 35.6 Å². The third kappa shape index (κ3) is 3.51. The Balaban J connectivity index is 2.47. The van der Waals surface area contributed by atoms with Gasteiger partial charge in [0.1, 0.15) is 5.15 Å². The van der Waals surface area contributed by atoms with E-state index in [0.717, 1.165) is 0 Å². The number of pyridine rings is 1. The predicted molar refractivity (Wildman–Crippen MR) is 58.2 cm³/mol. The molecular weight excluding hydrogens is 232 g/mol. The van der Waals surface area contributed by atoms with E-state index in [1.54, 1.807) is 12.1 Å². The van der Waals surface area contributed by atoms with Crippen molar-refractivity contribution in [1.29, 1.82) is 0 Å². The maximum Gasteiger partial charge on any atom is 0.307 e. The van der Waals surface area contributed by atoms with Crippen molar-refractivity contribution in [2.24, 2.45) is 0 Å². The Hall–Kier alpha value is -1.62. The molecule has 1 N–H and O–H groups in total. The lowest BCUT2D eigenvalue weighted by Crippen LogP contribution is -2.26. The van der Waals surface area contributed by atoms with E-state index in [9.17, 15) is 9.59 Å². The van der Waals surface area contributed by atoms with Crippen molar-refractivity contribution in [3.8, 4) is 0 Å². The highest BCUT2D eigenvalue weighted by atomic mass is 35.5. The van der Waals surface area contributed by atoms with Gasteiger partial charge >= 0.3 is 5.97 Å². The van der Waals surface area contributed by atoms with Crippen molar-refractivity contribution in [3.63, 3.8) is 0 Å². The highest BCUT2D eigenvalue weighted by Gasteiger charge is 2.10. The molecule has 5 nitrogen and oxygen atoms in total. The van der Waals surface area contributed by atoms with Crippen LogP contribution in [0.2, 0.25) is 5.15 Å². The van der Waals surface area contributed by atoms with Gasteiger partial charge < -0.3 is 10.1 Å². The second-order valence-electron chi connectivity index (χ2n) is 2.92. The lowest BCUT2D eigenvalue weighted by atomic mass is 10.2. The number of esters is 1. The number of carbonyl (C=O) groups excluding carboxylic acids is 2. The van der Waals surface area contributed by atoms with Crippen LogP contribution >= 0.6 is 11.6 Å². The zero-order valence-corrected chi connectivity index (χ0v) is 9.45. The number of ether oxygens (including phenoxy) is 1. The first-order chi connectivity index (χ1) is 7.65. The van der Waals surface area contributed by atoms with Crippen LogP contribution in [0.15, 0.2) is 18.3 Å². The maximum absolute atomic E-state index is 11.5. The molecule has 6 heteroatoms. The van der Waals surface area contributed by atoms with Gasteiger partial charge in [-0.2, -0.15) is 0 Å². The lowest BCUT2D eigenvalue weighted by Gasteiger charge is -2.04. The van der Waals surface area contributed by atoms with Gasteiger partial charge in [-0.3, -0.25) is 9.59 Å². The average molecular weight is 243 g/mol. The smallest absolute Gasteiger partial charge is 0.307 e. The summed E-state index contributed by atoms with van der Waals surface area (Å²) in [5.41, 5.74) is 0.286. The lowest BCUT2D eigenvalue weighted by molar-refractivity contribution is -0.140. The summed E-state index contributed by atoms with van der Waals surface area (Å²) >= 11 is 5.72. The molecule has 0 aliphatic rings. The highest BCUT2D eigenvalue weighted by Crippen LogP contribution is 2.10. The summed E-state index contributed by atoms with van der Waals surface area (Å²) in [6.45, 7) is 0.205. The van der Waals surface area contributed by atoms with Crippen LogP contribution in [0.4, 0.5) is 0 Å². The standard InChI is InChI=1S/C10H11ClN2O3/c1-16-8(14)4-6-13-10(15)7-3-2-5-12-9(7)11/h2-3,5H,4,6H2,1H3,(H,13,15). The van der Waals surface area contributed by atoms with Crippen LogP contribution in [0, 0.1) is 0 Å². The molecule has 86 valence electrons. The van der Waals surface area contributed by atoms with Crippen LogP contribution in [0.5, 0.6) is 0 Å². The molecule has 0 fully saturated rings. The van der Waals surface area contributed by atoms with Crippen molar-refractivity contribution in [1.82, 2.24) is 10.3 Å². The van der Waals surface area contributed by atoms with Gasteiger partial charge in [-0.1, -0.05) is 11.6 Å². The van der Waals surface area contributed by atoms with Gasteiger partial charge in [0.15, 0.2) is 0 Å². The molecule has 0 saturated carbocycles. The number of nitrogens with zero attached hydrogens (tertiary/aromatic N) is 1. The molecule has 0 radical (unpaired) electrons. The van der Waals surface area contributed by atoms with Gasteiger partial charge in [-0.25, -0.2) is 4.98 Å². The molecule has 0 aliphatic heterocycles. The first-order valence-corrected chi connectivity index (χ1v) is 4.98. The average Bonchev–Trinajstić information content (AvgIpc) is 2.29. The maximum atomic E-state index is 11.5. The second-order valence-corrected chi connectivity index (χ2v) is 3.28. The Labute approximate surface area is 97.8 Å². The van der Waals surface area contributed by atoms with Crippen LogP contribution in [0.25, 0.3) is 0 Å². The van der Waals surface area contributed by atoms with Crippen LogP contribution in [0.1, 0.15) is 16.8 Å². The summed E-state index contributed by atoms with van der Waals surface area (Å²) in [7, 11) is 1.29. The SMILES string of the molecule is COC(=O)CCNC(=O)c1cccnc1Cl. The molecular formula is C10H11ClN2O3. The van der Waals surface area contributed by atoms with Crippen LogP contribution in [0.3, 0.4) is 0 Å². The van der Waals surface area contributed by atoms with Crippen molar-refractivity contribution in [2.75, 3.05) is 13.7 Å². The van der Waals surface area contributed by atoms with E-state index in [1.807, 2.05) is 0 Å². The van der Waals surface area contributed by atoms with E-state index >= 15 is 0 Å². The Morgan fingerprint density at radius 2 is 2.31 bits per heavy atom. The summed E-state index contributed by atoms with van der Waals surface area (Å²) in [6, 6.07) is 3.17. The van der Waals surface area contributed by atoms with Gasteiger partial charge in [0, 0.05) is 12.7 Å². The summed E-state index contributed by atoms with van der Waals surface area (Å²) in [5, 5.41) is 2.68. The quantitative estimate of drug-likeness (QED) is 0.633. The molecule has 1 aromatic rings. The Morgan fingerprint density at radius 3 is 2.94 bits per heavy atom. The van der Waals surface area contributed by atoms with E-state index in [1.165, 1.54) is 13.3 Å². The van der Waals surface area contributed by atoms with Crippen molar-refractivity contribution < 1.29 is 14.3 Å². The summed E-state index contributed by atoms with van der Waals surface area (Å²) in [6.07, 6.45) is 1.62. The molecule has 1 heterocycles. The van der Waals surface area contributed by atoms with E-state index in [4.69, 9.17) is 11.6 Å². The van der Waals surface area contributed by atoms with Gasteiger partial charge in [0.05, 0.1) is 19.1 Å². The first-order valence-electron chi connectivity index (χ1n) is 4.60. The number of halogens is 1. The molecule has 0 saturated heterocycles. The van der Waals surface area contributed by atoms with Gasteiger partial charge in [-0.15, -0.1) is 0 Å². The first kappa shape index (κ1) is 12.4. The number of rotatable bonds is 4. The molecule has 0 atom stereocenters. The predicted octanol–water partition coefficient (Wildman–Crippen LogP) is 1.03. The molecule has 0 aliphatic carbocycles. The topological polar surface area (TPSA) is 68.3 Å². The highest BCUT2D eigenvalue weighted by molar-refractivity contribution is 6.32. The number of hydrogen-bond donors (Lipinski definition) is 1. The fourth-order valence-corrected chi connectivity index (χ4v) is 1.24. The van der Waals surface area contributed by atoms with E-state index in [0.29, 0.717) is 0 Å². The van der Waals surface area contributed by atoms with Crippen molar-refractivity contribution in [2.45, 2.75) is 6.42 Å². The molecule has 0 unspecified atom stereocenters. The number of amides is 1. The molecule has 0 aromatic carbocycles. The number of carbonyl (C=O) groups is 2. The molecule has 0 bridgehead atoms. The van der Waals surface area contributed by atoms with E-state index < -0.39 is 0 Å². The van der Waals surface area contributed by atoms with Crippen molar-refractivity contribution in [3.05, 3.63) is 29.0 Å². The Kier molecular flexibility index (Phi) is 4.72. The molecule has 0 spiro atoms. The molecule has 1 amide bonds. The minimum Gasteiger partial charge on any atom is -0.469 e. The summed E-state index contributed by atoms with van der Waals surface area (Å²) in [5.74, 6) is -0.736. The zero-order valence-electron chi connectivity index (χ0n) is 8.70. The third-order valence-electron chi connectivity index (χ3n) is 1.85. The monoisotopic (exact) mass is 242 g/mol. The molecule has 1 aromatic heterocycles. The minimum atomic E-state index is -0.377. The second kappa shape index (κ2) is 6.07. The Bertz CT molecular complexity index is 395. The Morgan fingerprint density at radius 1 is 1.56 bits per heavy atom. The van der Waals surface area contributed by atoms with Gasteiger partial charge in [0.25, 0.3) is 5.91 Å². The fraction of sp³-hybridized carbons (Fsp3) is 0.300. The summed E-state index contributed by atoms with van der Waals surface area (Å²) < 4.78 is 4.43. The molecule has 16 heavy (non-hydrogen) atoms. The number of hydrogen-bond acceptors (Lipinski definition) is 4. The largest absolute Gasteiger partial charge is 0.469 e. The van der Waals surface area contributed by atoms with Crippen molar-refractivity contribution >= 4 is 23.5 Å². The third-order valence-corrected chi connectivity index (χ3v) is 2.15. The molecule has 1 rings (SSSR count). The summed E-state index contributed by atoms with van der Waals surface area (Å²) in [4.78, 5) is 26.1. The van der Waals surface area contributed by atoms with Crippen LogP contribution < -0.4 is 5.32 Å². The van der Waals surface area contributed by atoms with Crippen LogP contribution in [-0.4, -0.2) is 30.5 Å². The van der Waals surface area contributed by atoms with Gasteiger partial charge in [-0.05, 0) is 12.1 Å². The number of methoxy groups -OCH3 is 1. The van der Waals surface area contributed by atoms with Crippen LogP contribution in [-0.2, 0) is 9.53 Å². The minimum absolute atomic E-state index is 0.125. The van der Waals surface area contributed by atoms with Gasteiger partial charge in [0.2, 0.25) is 0 Å². The normalized spacial score (nSPS) is 9.62. The number of aromatic nitrogens is 1. The van der Waals surface area contributed by atoms with E-state index in [2.05, 4.69) is 15.0 Å². The zero-order chi connectivity index (χ0) is 12.0. The number of nitrogens with one attached hydrogen (secondary N) is 1.